The van der Waals surface area contributed by atoms with Gasteiger partial charge in [-0.05, 0) is 25.0 Å². The van der Waals surface area contributed by atoms with Crippen LogP contribution in [0.2, 0.25) is 0 Å². The lowest BCUT2D eigenvalue weighted by atomic mass is 9.99. The van der Waals surface area contributed by atoms with Crippen molar-refractivity contribution in [2.75, 3.05) is 0 Å². The summed E-state index contributed by atoms with van der Waals surface area (Å²) in [5.41, 5.74) is 6.80. The summed E-state index contributed by atoms with van der Waals surface area (Å²) in [4.78, 5) is 4.46. The van der Waals surface area contributed by atoms with Gasteiger partial charge >= 0.3 is 0 Å². The Morgan fingerprint density at radius 1 is 1.22 bits per heavy atom. The summed E-state index contributed by atoms with van der Waals surface area (Å²) in [7, 11) is 0. The van der Waals surface area contributed by atoms with E-state index < -0.39 is 5.54 Å². The van der Waals surface area contributed by atoms with Gasteiger partial charge in [0.2, 0.25) is 11.7 Å². The SMILES string of the molecule is NC1(c2nc(-c3ccccc3Br)no2)CCCC1. The van der Waals surface area contributed by atoms with Crippen LogP contribution in [0.4, 0.5) is 0 Å². The predicted octanol–water partition coefficient (Wildman–Crippen LogP) is 3.23. The zero-order valence-corrected chi connectivity index (χ0v) is 11.5. The molecule has 1 aromatic heterocycles. The third-order valence-electron chi connectivity index (χ3n) is 3.46. The highest BCUT2D eigenvalue weighted by molar-refractivity contribution is 9.10. The van der Waals surface area contributed by atoms with Gasteiger partial charge in [0.25, 0.3) is 0 Å². The van der Waals surface area contributed by atoms with E-state index in [2.05, 4.69) is 26.1 Å². The first kappa shape index (κ1) is 11.9. The number of halogens is 1. The molecule has 4 nitrogen and oxygen atoms in total. The second-order valence-electron chi connectivity index (χ2n) is 4.77. The number of benzene rings is 1. The van der Waals surface area contributed by atoms with E-state index in [0.717, 1.165) is 35.7 Å². The van der Waals surface area contributed by atoms with Crippen LogP contribution in [0, 0.1) is 0 Å². The Hall–Kier alpha value is -1.20. The van der Waals surface area contributed by atoms with E-state index in [1.165, 1.54) is 0 Å². The Labute approximate surface area is 114 Å². The van der Waals surface area contributed by atoms with Gasteiger partial charge in [0, 0.05) is 10.0 Å². The van der Waals surface area contributed by atoms with Crippen molar-refractivity contribution in [3.63, 3.8) is 0 Å². The van der Waals surface area contributed by atoms with Gasteiger partial charge in [-0.25, -0.2) is 0 Å². The molecular weight excluding hydrogens is 294 g/mol. The number of hydrogen-bond acceptors (Lipinski definition) is 4. The number of hydrogen-bond donors (Lipinski definition) is 1. The zero-order chi connectivity index (χ0) is 12.6. The van der Waals surface area contributed by atoms with Crippen molar-refractivity contribution in [1.29, 1.82) is 0 Å². The lowest BCUT2D eigenvalue weighted by Crippen LogP contribution is -2.33. The van der Waals surface area contributed by atoms with Gasteiger partial charge in [-0.15, -0.1) is 0 Å². The normalized spacial score (nSPS) is 18.1. The maximum atomic E-state index is 6.30. The van der Waals surface area contributed by atoms with Crippen molar-refractivity contribution in [3.05, 3.63) is 34.6 Å². The summed E-state index contributed by atoms with van der Waals surface area (Å²) in [5, 5.41) is 4.04. The van der Waals surface area contributed by atoms with Gasteiger partial charge in [0.15, 0.2) is 0 Å². The predicted molar refractivity (Wildman–Crippen MR) is 71.8 cm³/mol. The molecule has 1 aromatic carbocycles. The topological polar surface area (TPSA) is 64.9 Å². The minimum atomic E-state index is -0.424. The highest BCUT2D eigenvalue weighted by atomic mass is 79.9. The zero-order valence-electron chi connectivity index (χ0n) is 9.90. The van der Waals surface area contributed by atoms with Crippen LogP contribution in [0.15, 0.2) is 33.3 Å². The molecule has 1 saturated carbocycles. The molecule has 1 heterocycles. The average molecular weight is 308 g/mol. The smallest absolute Gasteiger partial charge is 0.247 e. The van der Waals surface area contributed by atoms with Gasteiger partial charge in [-0.1, -0.05) is 46.1 Å². The molecule has 0 spiro atoms. The minimum absolute atomic E-state index is 0.424. The van der Waals surface area contributed by atoms with Crippen LogP contribution < -0.4 is 5.73 Å². The van der Waals surface area contributed by atoms with Crippen LogP contribution in [0.5, 0.6) is 0 Å². The lowest BCUT2D eigenvalue weighted by molar-refractivity contribution is 0.285. The Morgan fingerprint density at radius 3 is 2.67 bits per heavy atom. The minimum Gasteiger partial charge on any atom is -0.337 e. The molecule has 18 heavy (non-hydrogen) atoms. The van der Waals surface area contributed by atoms with E-state index in [1.54, 1.807) is 0 Å². The summed E-state index contributed by atoms with van der Waals surface area (Å²) < 4.78 is 6.31. The maximum absolute atomic E-state index is 6.30. The average Bonchev–Trinajstić information content (AvgIpc) is 2.99. The summed E-state index contributed by atoms with van der Waals surface area (Å²) in [6.07, 6.45) is 4.10. The van der Waals surface area contributed by atoms with Crippen LogP contribution in [-0.4, -0.2) is 10.1 Å². The molecule has 2 aromatic rings. The van der Waals surface area contributed by atoms with E-state index in [-0.39, 0.29) is 0 Å². The number of rotatable bonds is 2. The number of nitrogens with zero attached hydrogens (tertiary/aromatic N) is 2. The molecular formula is C13H14BrN3O. The Morgan fingerprint density at radius 2 is 1.94 bits per heavy atom. The maximum Gasteiger partial charge on any atom is 0.247 e. The largest absolute Gasteiger partial charge is 0.337 e. The van der Waals surface area contributed by atoms with Crippen LogP contribution in [0.25, 0.3) is 11.4 Å². The molecule has 1 aliphatic rings. The highest BCUT2D eigenvalue weighted by Gasteiger charge is 2.37. The Kier molecular flexibility index (Phi) is 2.95. The molecule has 2 N–H and O–H groups in total. The molecule has 94 valence electrons. The van der Waals surface area contributed by atoms with Crippen LogP contribution in [0.1, 0.15) is 31.6 Å². The van der Waals surface area contributed by atoms with Crippen molar-refractivity contribution in [1.82, 2.24) is 10.1 Å². The monoisotopic (exact) mass is 307 g/mol. The second kappa shape index (κ2) is 4.48. The fraction of sp³-hybridized carbons (Fsp3) is 0.385. The highest BCUT2D eigenvalue weighted by Crippen LogP contribution is 2.36. The molecule has 1 aliphatic carbocycles. The third-order valence-corrected chi connectivity index (χ3v) is 4.15. The van der Waals surface area contributed by atoms with E-state index in [1.807, 2.05) is 24.3 Å². The van der Waals surface area contributed by atoms with Crippen LogP contribution in [0.3, 0.4) is 0 Å². The van der Waals surface area contributed by atoms with Gasteiger partial charge in [0.1, 0.15) is 0 Å². The Bertz CT molecular complexity index is 561. The lowest BCUT2D eigenvalue weighted by Gasteiger charge is -2.17. The first-order chi connectivity index (χ1) is 8.69. The molecule has 0 amide bonds. The molecule has 3 rings (SSSR count). The molecule has 0 unspecified atom stereocenters. The van der Waals surface area contributed by atoms with Gasteiger partial charge in [-0.3, -0.25) is 0 Å². The third kappa shape index (κ3) is 1.97. The van der Waals surface area contributed by atoms with Crippen LogP contribution >= 0.6 is 15.9 Å². The van der Waals surface area contributed by atoms with E-state index in [9.17, 15) is 0 Å². The molecule has 0 bridgehead atoms. The fourth-order valence-corrected chi connectivity index (χ4v) is 2.86. The first-order valence-corrected chi connectivity index (χ1v) is 6.86. The second-order valence-corrected chi connectivity index (χ2v) is 5.62. The Balaban J connectivity index is 1.97. The van der Waals surface area contributed by atoms with Crippen molar-refractivity contribution in [2.24, 2.45) is 5.73 Å². The summed E-state index contributed by atoms with van der Waals surface area (Å²) >= 11 is 3.49. The van der Waals surface area contributed by atoms with Crippen molar-refractivity contribution >= 4 is 15.9 Å². The molecule has 0 atom stereocenters. The molecule has 0 aliphatic heterocycles. The van der Waals surface area contributed by atoms with Crippen molar-refractivity contribution in [3.8, 4) is 11.4 Å². The van der Waals surface area contributed by atoms with E-state index in [0.29, 0.717) is 11.7 Å². The van der Waals surface area contributed by atoms with Crippen molar-refractivity contribution in [2.45, 2.75) is 31.2 Å². The number of nitrogens with two attached hydrogens (primary N) is 1. The standard InChI is InChI=1S/C13H14BrN3O/c14-10-6-2-1-5-9(10)11-16-12(18-17-11)13(15)7-3-4-8-13/h1-2,5-6H,3-4,7-8,15H2. The van der Waals surface area contributed by atoms with Crippen molar-refractivity contribution < 1.29 is 4.52 Å². The molecule has 0 saturated heterocycles. The number of aromatic nitrogens is 2. The summed E-state index contributed by atoms with van der Waals surface area (Å²) in [5.74, 6) is 1.15. The summed E-state index contributed by atoms with van der Waals surface area (Å²) in [6, 6.07) is 7.82. The van der Waals surface area contributed by atoms with E-state index >= 15 is 0 Å². The molecule has 0 radical (unpaired) electrons. The summed E-state index contributed by atoms with van der Waals surface area (Å²) in [6.45, 7) is 0. The van der Waals surface area contributed by atoms with Gasteiger partial charge < -0.3 is 10.3 Å². The van der Waals surface area contributed by atoms with Gasteiger partial charge in [-0.2, -0.15) is 4.98 Å². The van der Waals surface area contributed by atoms with E-state index in [4.69, 9.17) is 10.3 Å². The first-order valence-electron chi connectivity index (χ1n) is 6.07. The van der Waals surface area contributed by atoms with Gasteiger partial charge in [0.05, 0.1) is 5.54 Å². The van der Waals surface area contributed by atoms with Crippen LogP contribution in [-0.2, 0) is 5.54 Å². The molecule has 5 heteroatoms. The fourth-order valence-electron chi connectivity index (χ4n) is 2.40. The molecule has 1 fully saturated rings. The quantitative estimate of drug-likeness (QED) is 0.925.